The minimum absolute atomic E-state index is 0.138. The zero-order valence-corrected chi connectivity index (χ0v) is 12.6. The van der Waals surface area contributed by atoms with Crippen molar-refractivity contribution in [3.63, 3.8) is 0 Å². The Morgan fingerprint density at radius 3 is 2.50 bits per heavy atom. The maximum Gasteiger partial charge on any atom is 0.141 e. The van der Waals surface area contributed by atoms with Crippen LogP contribution < -0.4 is 5.32 Å². The number of alkyl halides is 1. The van der Waals surface area contributed by atoms with Crippen LogP contribution in [-0.4, -0.2) is 11.9 Å². The molecule has 1 atom stereocenters. The fraction of sp³-hybridized carbons (Fsp3) is 0.571. The number of rotatable bonds is 5. The highest BCUT2D eigenvalue weighted by atomic mass is 35.5. The summed E-state index contributed by atoms with van der Waals surface area (Å²) in [4.78, 5) is 0. The van der Waals surface area contributed by atoms with Gasteiger partial charge in [-0.05, 0) is 29.5 Å². The van der Waals surface area contributed by atoms with Gasteiger partial charge in [-0.25, -0.2) is 4.39 Å². The maximum atomic E-state index is 13.0. The van der Waals surface area contributed by atoms with Crippen molar-refractivity contribution in [3.05, 3.63) is 34.6 Å². The predicted octanol–water partition coefficient (Wildman–Crippen LogP) is 4.61. The van der Waals surface area contributed by atoms with E-state index in [2.05, 4.69) is 26.1 Å². The highest BCUT2D eigenvalue weighted by Gasteiger charge is 2.23. The molecular formula is C14H20Cl2FN. The lowest BCUT2D eigenvalue weighted by Crippen LogP contribution is -2.40. The van der Waals surface area contributed by atoms with E-state index in [0.717, 1.165) is 12.0 Å². The lowest BCUT2D eigenvalue weighted by molar-refractivity contribution is 0.260. The summed E-state index contributed by atoms with van der Waals surface area (Å²) in [5.74, 6) is 0.243. The summed E-state index contributed by atoms with van der Waals surface area (Å²) >= 11 is 11.6. The predicted molar refractivity (Wildman–Crippen MR) is 76.8 cm³/mol. The normalized spacial score (nSPS) is 13.7. The van der Waals surface area contributed by atoms with Crippen LogP contribution in [0.4, 0.5) is 4.39 Å². The molecule has 0 aliphatic heterocycles. The van der Waals surface area contributed by atoms with Crippen LogP contribution in [0.5, 0.6) is 0 Å². The van der Waals surface area contributed by atoms with Crippen LogP contribution in [0.2, 0.25) is 5.02 Å². The van der Waals surface area contributed by atoms with Crippen molar-refractivity contribution >= 4 is 23.2 Å². The average Bonchev–Trinajstić information content (AvgIpc) is 2.27. The molecule has 0 bridgehead atoms. The molecule has 0 fully saturated rings. The molecule has 0 aliphatic carbocycles. The Hall–Kier alpha value is -0.310. The standard InChI is InChI=1S/C14H20Cl2FN/c1-14(2,3)13(6-7-15)18-9-10-4-5-12(17)11(16)8-10/h4-5,8,13,18H,6-7,9H2,1-3H3. The van der Waals surface area contributed by atoms with Gasteiger partial charge in [-0.3, -0.25) is 0 Å². The molecule has 1 aromatic rings. The van der Waals surface area contributed by atoms with Gasteiger partial charge in [0.15, 0.2) is 0 Å². The molecule has 1 unspecified atom stereocenters. The van der Waals surface area contributed by atoms with E-state index in [1.807, 2.05) is 0 Å². The van der Waals surface area contributed by atoms with Gasteiger partial charge in [0.25, 0.3) is 0 Å². The highest BCUT2D eigenvalue weighted by molar-refractivity contribution is 6.30. The third-order valence-electron chi connectivity index (χ3n) is 2.98. The number of hydrogen-bond acceptors (Lipinski definition) is 1. The first-order valence-corrected chi connectivity index (χ1v) is 6.99. The molecule has 0 amide bonds. The van der Waals surface area contributed by atoms with Crippen molar-refractivity contribution in [3.8, 4) is 0 Å². The van der Waals surface area contributed by atoms with Gasteiger partial charge in [-0.15, -0.1) is 11.6 Å². The molecule has 1 N–H and O–H groups in total. The molecule has 1 aromatic carbocycles. The Morgan fingerprint density at radius 2 is 2.00 bits per heavy atom. The van der Waals surface area contributed by atoms with Gasteiger partial charge < -0.3 is 5.32 Å². The summed E-state index contributed by atoms with van der Waals surface area (Å²) in [7, 11) is 0. The van der Waals surface area contributed by atoms with Crippen molar-refractivity contribution in [1.82, 2.24) is 5.32 Å². The fourth-order valence-electron chi connectivity index (χ4n) is 1.84. The second-order valence-electron chi connectivity index (χ2n) is 5.53. The fourth-order valence-corrected chi connectivity index (χ4v) is 2.26. The molecule has 18 heavy (non-hydrogen) atoms. The first-order chi connectivity index (χ1) is 8.34. The lowest BCUT2D eigenvalue weighted by Gasteiger charge is -2.31. The summed E-state index contributed by atoms with van der Waals surface area (Å²) in [6.07, 6.45) is 0.903. The summed E-state index contributed by atoms with van der Waals surface area (Å²) in [5.41, 5.74) is 1.11. The van der Waals surface area contributed by atoms with Gasteiger partial charge in [0.05, 0.1) is 5.02 Å². The Labute approximate surface area is 119 Å². The van der Waals surface area contributed by atoms with Crippen LogP contribution in [0.3, 0.4) is 0 Å². The molecule has 1 nitrogen and oxygen atoms in total. The topological polar surface area (TPSA) is 12.0 Å². The molecule has 4 heteroatoms. The molecular weight excluding hydrogens is 272 g/mol. The van der Waals surface area contributed by atoms with Gasteiger partial charge in [0, 0.05) is 18.5 Å². The Balaban J connectivity index is 2.64. The number of halogens is 3. The van der Waals surface area contributed by atoms with Crippen LogP contribution in [0, 0.1) is 11.2 Å². The van der Waals surface area contributed by atoms with Gasteiger partial charge in [0.1, 0.15) is 5.82 Å². The third kappa shape index (κ3) is 4.75. The van der Waals surface area contributed by atoms with E-state index >= 15 is 0 Å². The SMILES string of the molecule is CC(C)(C)C(CCCl)NCc1ccc(F)c(Cl)c1. The molecule has 0 saturated carbocycles. The lowest BCUT2D eigenvalue weighted by atomic mass is 9.85. The Morgan fingerprint density at radius 1 is 1.33 bits per heavy atom. The van der Waals surface area contributed by atoms with E-state index in [-0.39, 0.29) is 16.3 Å². The number of hydrogen-bond donors (Lipinski definition) is 1. The van der Waals surface area contributed by atoms with Crippen LogP contribution in [0.1, 0.15) is 32.8 Å². The first kappa shape index (κ1) is 15.7. The van der Waals surface area contributed by atoms with E-state index in [1.165, 1.54) is 6.07 Å². The smallest absolute Gasteiger partial charge is 0.141 e. The second kappa shape index (κ2) is 6.74. The van der Waals surface area contributed by atoms with Crippen molar-refractivity contribution in [2.45, 2.75) is 39.8 Å². The summed E-state index contributed by atoms with van der Waals surface area (Å²) in [6, 6.07) is 5.12. The zero-order valence-electron chi connectivity index (χ0n) is 11.1. The van der Waals surface area contributed by atoms with E-state index in [9.17, 15) is 4.39 Å². The van der Waals surface area contributed by atoms with Crippen molar-refractivity contribution in [1.29, 1.82) is 0 Å². The molecule has 0 aromatic heterocycles. The van der Waals surface area contributed by atoms with Gasteiger partial charge in [0.2, 0.25) is 0 Å². The molecule has 1 rings (SSSR count). The van der Waals surface area contributed by atoms with Gasteiger partial charge in [-0.2, -0.15) is 0 Å². The van der Waals surface area contributed by atoms with Gasteiger partial charge >= 0.3 is 0 Å². The van der Waals surface area contributed by atoms with Crippen LogP contribution in [0.25, 0.3) is 0 Å². The van der Waals surface area contributed by atoms with Crippen LogP contribution in [0.15, 0.2) is 18.2 Å². The molecule has 0 saturated heterocycles. The third-order valence-corrected chi connectivity index (χ3v) is 3.49. The minimum atomic E-state index is -0.381. The minimum Gasteiger partial charge on any atom is -0.309 e. The van der Waals surface area contributed by atoms with Crippen molar-refractivity contribution < 1.29 is 4.39 Å². The van der Waals surface area contributed by atoms with E-state index < -0.39 is 0 Å². The van der Waals surface area contributed by atoms with Crippen molar-refractivity contribution in [2.24, 2.45) is 5.41 Å². The zero-order chi connectivity index (χ0) is 13.8. The molecule has 0 spiro atoms. The first-order valence-electron chi connectivity index (χ1n) is 6.08. The van der Waals surface area contributed by atoms with Crippen LogP contribution >= 0.6 is 23.2 Å². The number of benzene rings is 1. The van der Waals surface area contributed by atoms with E-state index in [4.69, 9.17) is 23.2 Å². The Bertz CT molecular complexity index is 388. The van der Waals surface area contributed by atoms with E-state index in [0.29, 0.717) is 18.5 Å². The molecule has 0 radical (unpaired) electrons. The average molecular weight is 292 g/mol. The summed E-state index contributed by atoms with van der Waals surface area (Å²) in [5, 5.41) is 3.62. The molecule has 0 heterocycles. The van der Waals surface area contributed by atoms with Crippen LogP contribution in [-0.2, 0) is 6.54 Å². The largest absolute Gasteiger partial charge is 0.309 e. The Kier molecular flexibility index (Phi) is 5.90. The van der Waals surface area contributed by atoms with Gasteiger partial charge in [-0.1, -0.05) is 38.4 Å². The number of nitrogens with one attached hydrogen (secondary N) is 1. The monoisotopic (exact) mass is 291 g/mol. The second-order valence-corrected chi connectivity index (χ2v) is 6.31. The maximum absolute atomic E-state index is 13.0. The quantitative estimate of drug-likeness (QED) is 0.781. The molecule has 0 aliphatic rings. The summed E-state index contributed by atoms with van der Waals surface area (Å²) in [6.45, 7) is 7.19. The highest BCUT2D eigenvalue weighted by Crippen LogP contribution is 2.23. The molecule has 102 valence electrons. The van der Waals surface area contributed by atoms with Crippen molar-refractivity contribution in [2.75, 3.05) is 5.88 Å². The summed E-state index contributed by atoms with van der Waals surface area (Å²) < 4.78 is 13.0. The van der Waals surface area contributed by atoms with E-state index in [1.54, 1.807) is 12.1 Å².